The minimum Gasteiger partial charge on any atom is -0.481 e. The van der Waals surface area contributed by atoms with Crippen LogP contribution in [-0.4, -0.2) is 64.7 Å². The molecule has 7 atom stereocenters. The first-order chi connectivity index (χ1) is 18.4. The largest absolute Gasteiger partial charge is 0.481 e. The van der Waals surface area contributed by atoms with Crippen molar-refractivity contribution in [2.75, 3.05) is 25.1 Å². The lowest BCUT2D eigenvalue weighted by atomic mass is 9.97. The normalized spacial score (nSPS) is 30.2. The third-order valence-electron chi connectivity index (χ3n) is 7.19. The van der Waals surface area contributed by atoms with Crippen molar-refractivity contribution in [1.82, 2.24) is 14.9 Å². The van der Waals surface area contributed by atoms with Gasteiger partial charge in [0.1, 0.15) is 24.1 Å². The predicted octanol–water partition coefficient (Wildman–Crippen LogP) is 2.28. The Bertz CT molecular complexity index is 1190. The van der Waals surface area contributed by atoms with Gasteiger partial charge in [-0.1, -0.05) is 36.8 Å². The molecule has 1 aromatic carbocycles. The van der Waals surface area contributed by atoms with Gasteiger partial charge in [0, 0.05) is 18.3 Å². The van der Waals surface area contributed by atoms with E-state index in [9.17, 15) is 19.5 Å². The SMILES string of the molecule is CCNC(=O)Nc1ccn([C@@H]2O[C@H](COCC3CCCC3C(=O)O)C3O[C@H](c4ccccc4)O[C@@H]32)c(=O)n1. The van der Waals surface area contributed by atoms with Crippen LogP contribution >= 0.6 is 0 Å². The minimum absolute atomic E-state index is 0.0462. The molecule has 2 saturated heterocycles. The van der Waals surface area contributed by atoms with Gasteiger partial charge in [0.2, 0.25) is 0 Å². The van der Waals surface area contributed by atoms with E-state index in [0.717, 1.165) is 18.4 Å². The molecule has 3 N–H and O–H groups in total. The van der Waals surface area contributed by atoms with Crippen molar-refractivity contribution in [2.45, 2.75) is 57.0 Å². The number of urea groups is 1. The number of nitrogens with zero attached hydrogens (tertiary/aromatic N) is 2. The lowest BCUT2D eigenvalue weighted by Gasteiger charge is -2.22. The molecule has 0 radical (unpaired) electrons. The zero-order chi connectivity index (χ0) is 26.6. The number of carboxylic acid groups (broad SMARTS) is 1. The Morgan fingerprint density at radius 1 is 1.11 bits per heavy atom. The summed E-state index contributed by atoms with van der Waals surface area (Å²) in [6.45, 7) is 2.68. The highest BCUT2D eigenvalue weighted by molar-refractivity contribution is 5.87. The molecule has 2 amide bonds. The van der Waals surface area contributed by atoms with Gasteiger partial charge in [-0.25, -0.2) is 9.59 Å². The summed E-state index contributed by atoms with van der Waals surface area (Å²) in [5.74, 6) is -1.12. The Hall–Kier alpha value is -3.32. The van der Waals surface area contributed by atoms with Crippen molar-refractivity contribution in [3.05, 3.63) is 58.6 Å². The van der Waals surface area contributed by atoms with Crippen LogP contribution in [0.2, 0.25) is 0 Å². The monoisotopic (exact) mass is 528 g/mol. The molecule has 204 valence electrons. The Balaban J connectivity index is 1.31. The van der Waals surface area contributed by atoms with Crippen molar-refractivity contribution < 1.29 is 33.6 Å². The Kier molecular flexibility index (Phi) is 8.03. The van der Waals surface area contributed by atoms with E-state index < -0.39 is 54.4 Å². The summed E-state index contributed by atoms with van der Waals surface area (Å²) in [7, 11) is 0. The van der Waals surface area contributed by atoms with Crippen LogP contribution in [-0.2, 0) is 23.7 Å². The van der Waals surface area contributed by atoms with Crippen molar-refractivity contribution in [3.63, 3.8) is 0 Å². The maximum atomic E-state index is 12.9. The minimum atomic E-state index is -0.834. The average Bonchev–Trinajstić information content (AvgIpc) is 3.62. The van der Waals surface area contributed by atoms with Crippen molar-refractivity contribution in [2.24, 2.45) is 11.8 Å². The van der Waals surface area contributed by atoms with E-state index in [4.69, 9.17) is 18.9 Å². The number of carbonyl (C=O) groups excluding carboxylic acids is 1. The van der Waals surface area contributed by atoms with Crippen LogP contribution in [0.1, 0.15) is 44.3 Å². The van der Waals surface area contributed by atoms with E-state index >= 15 is 0 Å². The number of fused-ring (bicyclic) bond motifs is 1. The number of amides is 2. The molecule has 0 spiro atoms. The van der Waals surface area contributed by atoms with Gasteiger partial charge in [-0.3, -0.25) is 14.7 Å². The second-order valence-electron chi connectivity index (χ2n) is 9.67. The van der Waals surface area contributed by atoms with Gasteiger partial charge < -0.3 is 29.4 Å². The zero-order valence-electron chi connectivity index (χ0n) is 21.0. The van der Waals surface area contributed by atoms with Crippen molar-refractivity contribution in [3.8, 4) is 0 Å². The first kappa shape index (κ1) is 26.3. The van der Waals surface area contributed by atoms with Crippen LogP contribution in [0.25, 0.3) is 0 Å². The lowest BCUT2D eigenvalue weighted by Crippen LogP contribution is -2.35. The first-order valence-electron chi connectivity index (χ1n) is 12.9. The van der Waals surface area contributed by atoms with Gasteiger partial charge in [-0.05, 0) is 31.7 Å². The van der Waals surface area contributed by atoms with Crippen molar-refractivity contribution >= 4 is 17.8 Å². The highest BCUT2D eigenvalue weighted by atomic mass is 16.8. The molecule has 1 aliphatic carbocycles. The first-order valence-corrected chi connectivity index (χ1v) is 12.9. The van der Waals surface area contributed by atoms with Crippen LogP contribution < -0.4 is 16.3 Å². The summed E-state index contributed by atoms with van der Waals surface area (Å²) < 4.78 is 25.9. The van der Waals surface area contributed by atoms with E-state index in [1.165, 1.54) is 16.8 Å². The highest BCUT2D eigenvalue weighted by Gasteiger charge is 2.54. The van der Waals surface area contributed by atoms with Crippen LogP contribution in [0.15, 0.2) is 47.4 Å². The predicted molar refractivity (Wildman–Crippen MR) is 133 cm³/mol. The number of carboxylic acids is 1. The Morgan fingerprint density at radius 3 is 2.63 bits per heavy atom. The zero-order valence-corrected chi connectivity index (χ0v) is 21.0. The molecule has 3 unspecified atom stereocenters. The number of aliphatic carboxylic acids is 1. The molecular weight excluding hydrogens is 496 g/mol. The standard InChI is InChI=1S/C26H32N4O8/c1-2-27-25(33)28-19-11-12-30(26(34)29-19)22-21-20(37-24(38-21)15-7-4-3-5-8-15)18(36-22)14-35-13-16-9-6-10-17(16)23(31)32/h3-5,7-8,11-12,16-18,20-22,24H,2,6,9-10,13-14H2,1H3,(H,31,32)(H2,27,28,29,33,34)/t16?,17?,18-,20?,21+,22-,24+/m1/s1. The summed E-state index contributed by atoms with van der Waals surface area (Å²) in [6, 6.07) is 10.5. The molecule has 0 bridgehead atoms. The second kappa shape index (κ2) is 11.6. The molecule has 3 aliphatic rings. The fraction of sp³-hybridized carbons (Fsp3) is 0.538. The number of benzene rings is 1. The third kappa shape index (κ3) is 5.58. The molecule has 3 fully saturated rings. The number of nitrogens with one attached hydrogen (secondary N) is 2. The molecule has 12 nitrogen and oxygen atoms in total. The average molecular weight is 529 g/mol. The summed E-state index contributed by atoms with van der Waals surface area (Å²) in [5, 5.41) is 14.6. The van der Waals surface area contributed by atoms with E-state index in [-0.39, 0.29) is 18.3 Å². The summed E-state index contributed by atoms with van der Waals surface area (Å²) in [5.41, 5.74) is 0.217. The van der Waals surface area contributed by atoms with Gasteiger partial charge in [0.25, 0.3) is 0 Å². The molecule has 1 saturated carbocycles. The topological polar surface area (TPSA) is 150 Å². The number of carbonyl (C=O) groups is 2. The molecule has 2 aromatic rings. The number of hydrogen-bond acceptors (Lipinski definition) is 8. The fourth-order valence-corrected chi connectivity index (χ4v) is 5.35. The maximum Gasteiger partial charge on any atom is 0.351 e. The molecular formula is C26H32N4O8. The summed E-state index contributed by atoms with van der Waals surface area (Å²) >= 11 is 0. The second-order valence-corrected chi connectivity index (χ2v) is 9.67. The molecule has 3 heterocycles. The quantitative estimate of drug-likeness (QED) is 0.445. The number of ether oxygens (including phenoxy) is 4. The number of anilines is 1. The van der Waals surface area contributed by atoms with Crippen LogP contribution in [0.4, 0.5) is 10.6 Å². The Morgan fingerprint density at radius 2 is 1.89 bits per heavy atom. The number of aromatic nitrogens is 2. The lowest BCUT2D eigenvalue weighted by molar-refractivity contribution is -0.160. The van der Waals surface area contributed by atoms with Gasteiger partial charge in [0.15, 0.2) is 12.5 Å². The van der Waals surface area contributed by atoms with E-state index in [1.807, 2.05) is 30.3 Å². The summed E-state index contributed by atoms with van der Waals surface area (Å²) in [6.07, 6.45) is 0.664. The fourth-order valence-electron chi connectivity index (χ4n) is 5.35. The third-order valence-corrected chi connectivity index (χ3v) is 7.19. The smallest absolute Gasteiger partial charge is 0.351 e. The molecule has 1 aromatic heterocycles. The molecule has 12 heteroatoms. The van der Waals surface area contributed by atoms with Crippen LogP contribution in [0.3, 0.4) is 0 Å². The van der Waals surface area contributed by atoms with Gasteiger partial charge in [-0.2, -0.15) is 4.98 Å². The molecule has 5 rings (SSSR count). The maximum absolute atomic E-state index is 12.9. The van der Waals surface area contributed by atoms with Crippen molar-refractivity contribution in [1.29, 1.82) is 0 Å². The number of rotatable bonds is 9. The van der Waals surface area contributed by atoms with Crippen LogP contribution in [0.5, 0.6) is 0 Å². The number of hydrogen-bond donors (Lipinski definition) is 3. The van der Waals surface area contributed by atoms with E-state index in [1.54, 1.807) is 6.92 Å². The van der Waals surface area contributed by atoms with Gasteiger partial charge >= 0.3 is 17.7 Å². The van der Waals surface area contributed by atoms with Gasteiger partial charge in [0.05, 0.1) is 19.1 Å². The van der Waals surface area contributed by atoms with Crippen LogP contribution in [0, 0.1) is 11.8 Å². The highest BCUT2D eigenvalue weighted by Crippen LogP contribution is 2.44. The van der Waals surface area contributed by atoms with Gasteiger partial charge in [-0.15, -0.1) is 0 Å². The van der Waals surface area contributed by atoms with E-state index in [0.29, 0.717) is 19.6 Å². The van der Waals surface area contributed by atoms with E-state index in [2.05, 4.69) is 15.6 Å². The molecule has 38 heavy (non-hydrogen) atoms. The molecule has 2 aliphatic heterocycles. The summed E-state index contributed by atoms with van der Waals surface area (Å²) in [4.78, 5) is 40.2. The Labute approximate surface area is 219 Å².